The minimum Gasteiger partial charge on any atom is -0.465 e. The molecule has 8 heteroatoms. The van der Waals surface area contributed by atoms with E-state index in [1.165, 1.54) is 93.3 Å². The minimum absolute atomic E-state index is 0.166. The topological polar surface area (TPSA) is 107 Å². The van der Waals surface area contributed by atoms with Crippen LogP contribution in [0.15, 0.2) is 18.2 Å². The van der Waals surface area contributed by atoms with Crippen LogP contribution in [0, 0.1) is 0 Å². The summed E-state index contributed by atoms with van der Waals surface area (Å²) in [5, 5.41) is 12.3. The number of nitrogens with zero attached hydrogens (tertiary/aromatic N) is 2. The molecule has 0 radical (unpaired) electrons. The zero-order valence-electron chi connectivity index (χ0n) is 24.4. The van der Waals surface area contributed by atoms with E-state index in [0.717, 1.165) is 19.3 Å². The zero-order valence-corrected chi connectivity index (χ0v) is 24.4. The number of fused-ring (bicyclic) bond motifs is 1. The van der Waals surface area contributed by atoms with Gasteiger partial charge in [0.15, 0.2) is 0 Å². The Balaban J connectivity index is 1.35. The number of amides is 4. The average Bonchev–Trinajstić information content (AvgIpc) is 3.26. The number of imide groups is 1. The van der Waals surface area contributed by atoms with Crippen LogP contribution in [0.2, 0.25) is 0 Å². The van der Waals surface area contributed by atoms with Gasteiger partial charge in [0.05, 0.1) is 5.69 Å². The fourth-order valence-electron chi connectivity index (χ4n) is 5.96. The van der Waals surface area contributed by atoms with Gasteiger partial charge in [0.25, 0.3) is 5.91 Å². The van der Waals surface area contributed by atoms with Gasteiger partial charge < -0.3 is 10.0 Å². The lowest BCUT2D eigenvalue weighted by Gasteiger charge is -2.29. The molecule has 222 valence electrons. The van der Waals surface area contributed by atoms with E-state index in [-0.39, 0.29) is 31.2 Å². The van der Waals surface area contributed by atoms with Crippen molar-refractivity contribution in [3.63, 3.8) is 0 Å². The molecule has 1 aromatic carbocycles. The molecule has 1 fully saturated rings. The van der Waals surface area contributed by atoms with Gasteiger partial charge in [0.1, 0.15) is 6.04 Å². The SMILES string of the molecule is CCCCCCCCCCCCCCCCCCN(C(=O)O)c1cccc2c1CN(C1CCC(=O)NC1=O)C2=O. The van der Waals surface area contributed by atoms with Crippen LogP contribution in [0.4, 0.5) is 10.5 Å². The molecule has 3 rings (SSSR count). The Morgan fingerprint density at radius 3 is 1.95 bits per heavy atom. The van der Waals surface area contributed by atoms with Gasteiger partial charge in [-0.25, -0.2) is 4.79 Å². The lowest BCUT2D eigenvalue weighted by molar-refractivity contribution is -0.136. The summed E-state index contributed by atoms with van der Waals surface area (Å²) >= 11 is 0. The van der Waals surface area contributed by atoms with E-state index < -0.39 is 18.0 Å². The number of piperidine rings is 1. The van der Waals surface area contributed by atoms with E-state index in [1.54, 1.807) is 18.2 Å². The van der Waals surface area contributed by atoms with Crippen molar-refractivity contribution in [1.29, 1.82) is 0 Å². The number of unbranched alkanes of at least 4 members (excludes halogenated alkanes) is 15. The second kappa shape index (κ2) is 17.0. The van der Waals surface area contributed by atoms with Crippen molar-refractivity contribution in [2.45, 2.75) is 135 Å². The number of rotatable bonds is 19. The summed E-state index contributed by atoms with van der Waals surface area (Å²) in [5.74, 6) is -1.09. The van der Waals surface area contributed by atoms with Gasteiger partial charge in [-0.3, -0.25) is 24.6 Å². The third-order valence-corrected chi connectivity index (χ3v) is 8.31. The Kier molecular flexibility index (Phi) is 13.5. The van der Waals surface area contributed by atoms with Gasteiger partial charge in [0, 0.05) is 30.6 Å². The van der Waals surface area contributed by atoms with E-state index in [0.29, 0.717) is 23.4 Å². The Morgan fingerprint density at radius 1 is 0.875 bits per heavy atom. The smallest absolute Gasteiger partial charge is 0.411 e. The molecule has 2 aliphatic rings. The summed E-state index contributed by atoms with van der Waals surface area (Å²) in [6.45, 7) is 2.80. The van der Waals surface area contributed by atoms with Crippen LogP contribution in [-0.4, -0.2) is 46.4 Å². The molecule has 2 heterocycles. The highest BCUT2D eigenvalue weighted by Gasteiger charge is 2.40. The molecule has 0 aromatic heterocycles. The molecule has 1 aromatic rings. The molecule has 0 saturated carbocycles. The number of hydrogen-bond acceptors (Lipinski definition) is 4. The maximum atomic E-state index is 13.1. The number of hydrogen-bond donors (Lipinski definition) is 2. The number of carbonyl (C=O) groups excluding carboxylic acids is 3. The van der Waals surface area contributed by atoms with Crippen LogP contribution in [-0.2, 0) is 16.1 Å². The third kappa shape index (κ3) is 9.34. The number of anilines is 1. The molecular weight excluding hydrogens is 506 g/mol. The normalized spacial score (nSPS) is 16.8. The number of carbonyl (C=O) groups is 4. The third-order valence-electron chi connectivity index (χ3n) is 8.31. The largest absolute Gasteiger partial charge is 0.465 e. The fourth-order valence-corrected chi connectivity index (χ4v) is 5.96. The molecule has 40 heavy (non-hydrogen) atoms. The quantitative estimate of drug-likeness (QED) is 0.139. The van der Waals surface area contributed by atoms with Crippen molar-refractivity contribution >= 4 is 29.5 Å². The Hall–Kier alpha value is -2.90. The first-order valence-electron chi connectivity index (χ1n) is 15.7. The first-order chi connectivity index (χ1) is 19.4. The van der Waals surface area contributed by atoms with Crippen molar-refractivity contribution < 1.29 is 24.3 Å². The fraction of sp³-hybridized carbons (Fsp3) is 0.688. The molecule has 1 atom stereocenters. The van der Waals surface area contributed by atoms with Crippen molar-refractivity contribution in [3.8, 4) is 0 Å². The summed E-state index contributed by atoms with van der Waals surface area (Å²) in [6, 6.07) is 4.40. The summed E-state index contributed by atoms with van der Waals surface area (Å²) in [5.41, 5.74) is 1.57. The van der Waals surface area contributed by atoms with Crippen molar-refractivity contribution in [1.82, 2.24) is 10.2 Å². The highest BCUT2D eigenvalue weighted by Crippen LogP contribution is 2.34. The lowest BCUT2D eigenvalue weighted by atomic mass is 10.0. The Labute approximate surface area is 239 Å². The molecule has 0 bridgehead atoms. The summed E-state index contributed by atoms with van der Waals surface area (Å²) in [6.07, 6.45) is 19.6. The van der Waals surface area contributed by atoms with E-state index in [1.807, 2.05) is 0 Å². The van der Waals surface area contributed by atoms with Gasteiger partial charge in [-0.1, -0.05) is 109 Å². The van der Waals surface area contributed by atoms with Gasteiger partial charge in [-0.2, -0.15) is 0 Å². The Bertz CT molecular complexity index is 995. The summed E-state index contributed by atoms with van der Waals surface area (Å²) < 4.78 is 0. The molecule has 0 aliphatic carbocycles. The van der Waals surface area contributed by atoms with Crippen LogP contribution in [0.25, 0.3) is 0 Å². The molecule has 1 unspecified atom stereocenters. The predicted octanol–water partition coefficient (Wildman–Crippen LogP) is 7.19. The highest BCUT2D eigenvalue weighted by molar-refractivity contribution is 6.06. The van der Waals surface area contributed by atoms with Crippen LogP contribution in [0.1, 0.15) is 138 Å². The van der Waals surface area contributed by atoms with E-state index in [2.05, 4.69) is 12.2 Å². The first-order valence-corrected chi connectivity index (χ1v) is 15.7. The number of carboxylic acid groups (broad SMARTS) is 1. The van der Waals surface area contributed by atoms with Gasteiger partial charge >= 0.3 is 6.09 Å². The second-order valence-corrected chi connectivity index (χ2v) is 11.4. The highest BCUT2D eigenvalue weighted by atomic mass is 16.4. The predicted molar refractivity (Wildman–Crippen MR) is 157 cm³/mol. The summed E-state index contributed by atoms with van der Waals surface area (Å²) in [7, 11) is 0. The molecule has 8 nitrogen and oxygen atoms in total. The van der Waals surface area contributed by atoms with Crippen molar-refractivity contribution in [3.05, 3.63) is 29.3 Å². The van der Waals surface area contributed by atoms with E-state index in [4.69, 9.17) is 0 Å². The maximum absolute atomic E-state index is 13.1. The van der Waals surface area contributed by atoms with Gasteiger partial charge in [-0.15, -0.1) is 0 Å². The van der Waals surface area contributed by atoms with Gasteiger partial charge in [-0.05, 0) is 25.0 Å². The molecule has 4 amide bonds. The number of benzene rings is 1. The van der Waals surface area contributed by atoms with Crippen LogP contribution in [0.5, 0.6) is 0 Å². The molecule has 1 saturated heterocycles. The maximum Gasteiger partial charge on any atom is 0.411 e. The minimum atomic E-state index is -1.04. The number of nitrogens with one attached hydrogen (secondary N) is 1. The van der Waals surface area contributed by atoms with Crippen LogP contribution >= 0.6 is 0 Å². The van der Waals surface area contributed by atoms with Crippen molar-refractivity contribution in [2.75, 3.05) is 11.4 Å². The molecular formula is C32H49N3O5. The standard InChI is InChI=1S/C32H49N3O5/c1-2-3-4-5-6-7-8-9-10-11-12-13-14-15-16-17-23-34(32(39)40)27-20-18-19-25-26(27)24-35(31(25)38)28-21-22-29(36)33-30(28)37/h18-20,28H,2-17,21-24H2,1H3,(H,39,40)(H,33,36,37). The summed E-state index contributed by atoms with van der Waals surface area (Å²) in [4.78, 5) is 51.9. The molecule has 0 spiro atoms. The average molecular weight is 556 g/mol. The van der Waals surface area contributed by atoms with Crippen LogP contribution < -0.4 is 10.2 Å². The second-order valence-electron chi connectivity index (χ2n) is 11.4. The lowest BCUT2D eigenvalue weighted by Crippen LogP contribution is -2.52. The molecule has 2 N–H and O–H groups in total. The van der Waals surface area contributed by atoms with Crippen LogP contribution in [0.3, 0.4) is 0 Å². The van der Waals surface area contributed by atoms with Crippen molar-refractivity contribution in [2.24, 2.45) is 0 Å². The monoisotopic (exact) mass is 555 g/mol. The molecule has 2 aliphatic heterocycles. The van der Waals surface area contributed by atoms with Gasteiger partial charge in [0.2, 0.25) is 11.8 Å². The van der Waals surface area contributed by atoms with E-state index in [9.17, 15) is 24.3 Å². The zero-order chi connectivity index (χ0) is 28.7. The Morgan fingerprint density at radius 2 is 1.43 bits per heavy atom. The first kappa shape index (κ1) is 31.6. The van der Waals surface area contributed by atoms with E-state index >= 15 is 0 Å².